The van der Waals surface area contributed by atoms with Crippen LogP contribution in [0.15, 0.2) is 64.8 Å². The number of carbonyl (C=O) groups excluding carboxylic acids is 1. The molecule has 0 aromatic heterocycles. The summed E-state index contributed by atoms with van der Waals surface area (Å²) < 4.78 is 0. The summed E-state index contributed by atoms with van der Waals surface area (Å²) in [5, 5.41) is 9.01. The van der Waals surface area contributed by atoms with Crippen LogP contribution in [0.25, 0.3) is 0 Å². The average molecular weight is 366 g/mol. The van der Waals surface area contributed by atoms with Crippen molar-refractivity contribution < 1.29 is 4.79 Å². The normalized spacial score (nSPS) is 18.9. The third-order valence-electron chi connectivity index (χ3n) is 4.07. The van der Waals surface area contributed by atoms with Gasteiger partial charge in [0.1, 0.15) is 0 Å². The van der Waals surface area contributed by atoms with Crippen LogP contribution in [0.3, 0.4) is 0 Å². The van der Waals surface area contributed by atoms with Crippen LogP contribution < -0.4 is 4.90 Å². The van der Waals surface area contributed by atoms with Gasteiger partial charge < -0.3 is 4.90 Å². The van der Waals surface area contributed by atoms with E-state index in [0.29, 0.717) is 11.7 Å². The molecule has 1 aliphatic rings. The molecule has 0 aliphatic carbocycles. The molecular formula is C20H22N4OS. The maximum absolute atomic E-state index is 12.4. The molecule has 0 saturated carbocycles. The highest BCUT2D eigenvalue weighted by Crippen LogP contribution is 2.28. The molecule has 0 bridgehead atoms. The van der Waals surface area contributed by atoms with E-state index < -0.39 is 0 Å². The lowest BCUT2D eigenvalue weighted by molar-refractivity contribution is -0.126. The number of anilines is 1. The zero-order valence-electron chi connectivity index (χ0n) is 15.2. The van der Waals surface area contributed by atoms with Gasteiger partial charge in [0, 0.05) is 19.8 Å². The molecule has 5 nitrogen and oxygen atoms in total. The van der Waals surface area contributed by atoms with E-state index in [4.69, 9.17) is 0 Å². The first kappa shape index (κ1) is 18.2. The van der Waals surface area contributed by atoms with E-state index in [0.717, 1.165) is 16.8 Å². The van der Waals surface area contributed by atoms with Crippen molar-refractivity contribution in [2.24, 2.45) is 10.2 Å². The molecule has 1 aliphatic heterocycles. The molecule has 0 unspecified atom stereocenters. The number of amidine groups is 1. The fourth-order valence-corrected chi connectivity index (χ4v) is 3.50. The Labute approximate surface area is 158 Å². The smallest absolute Gasteiger partial charge is 0.242 e. The van der Waals surface area contributed by atoms with Crippen molar-refractivity contribution in [2.45, 2.75) is 18.7 Å². The van der Waals surface area contributed by atoms with Crippen LogP contribution in [0, 0.1) is 0 Å². The molecule has 6 heteroatoms. The van der Waals surface area contributed by atoms with Crippen molar-refractivity contribution in [1.82, 2.24) is 4.90 Å². The number of rotatable bonds is 5. The maximum Gasteiger partial charge on any atom is 0.242 e. The summed E-state index contributed by atoms with van der Waals surface area (Å²) in [6.07, 6.45) is 1.71. The van der Waals surface area contributed by atoms with E-state index in [1.807, 2.05) is 80.5 Å². The third kappa shape index (κ3) is 4.32. The van der Waals surface area contributed by atoms with E-state index >= 15 is 0 Å². The van der Waals surface area contributed by atoms with E-state index in [1.165, 1.54) is 11.8 Å². The molecule has 1 amide bonds. The van der Waals surface area contributed by atoms with Gasteiger partial charge >= 0.3 is 0 Å². The van der Waals surface area contributed by atoms with Gasteiger partial charge in [-0.05, 0) is 30.2 Å². The monoisotopic (exact) mass is 366 g/mol. The molecule has 2 aromatic rings. The number of carbonyl (C=O) groups is 1. The van der Waals surface area contributed by atoms with Crippen LogP contribution in [0.2, 0.25) is 0 Å². The summed E-state index contributed by atoms with van der Waals surface area (Å²) in [6.45, 7) is 2.42. The Balaban J connectivity index is 1.73. The Kier molecular flexibility index (Phi) is 5.73. The summed E-state index contributed by atoms with van der Waals surface area (Å²) in [5.74, 6) is 0.0724. The van der Waals surface area contributed by atoms with E-state index in [-0.39, 0.29) is 11.2 Å². The van der Waals surface area contributed by atoms with Crippen LogP contribution in [0.1, 0.15) is 18.1 Å². The number of nitrogens with zero attached hydrogens (tertiary/aromatic N) is 4. The molecule has 2 aromatic carbocycles. The Bertz CT molecular complexity index is 815. The second kappa shape index (κ2) is 8.19. The van der Waals surface area contributed by atoms with Crippen molar-refractivity contribution in [1.29, 1.82) is 0 Å². The summed E-state index contributed by atoms with van der Waals surface area (Å²) in [7, 11) is 4.01. The van der Waals surface area contributed by atoms with Crippen LogP contribution in [0.5, 0.6) is 0 Å². The van der Waals surface area contributed by atoms with Crippen molar-refractivity contribution in [3.05, 3.63) is 65.7 Å². The summed E-state index contributed by atoms with van der Waals surface area (Å²) in [4.78, 5) is 16.2. The lowest BCUT2D eigenvalue weighted by Gasteiger charge is -2.15. The fraction of sp³-hybridized carbons (Fsp3) is 0.250. The third-order valence-corrected chi connectivity index (χ3v) is 5.14. The summed E-state index contributed by atoms with van der Waals surface area (Å²) in [5.41, 5.74) is 3.18. The number of amides is 1. The van der Waals surface area contributed by atoms with E-state index in [9.17, 15) is 4.79 Å². The maximum atomic E-state index is 12.4. The van der Waals surface area contributed by atoms with Crippen molar-refractivity contribution in [3.8, 4) is 0 Å². The zero-order valence-corrected chi connectivity index (χ0v) is 16.0. The van der Waals surface area contributed by atoms with Gasteiger partial charge in [-0.25, -0.2) is 0 Å². The Morgan fingerprint density at radius 3 is 2.46 bits per heavy atom. The van der Waals surface area contributed by atoms with Gasteiger partial charge in [-0.1, -0.05) is 54.2 Å². The molecule has 1 fully saturated rings. The largest absolute Gasteiger partial charge is 0.378 e. The number of hydrogen-bond acceptors (Lipinski definition) is 5. The predicted octanol–water partition coefficient (Wildman–Crippen LogP) is 3.61. The molecule has 0 spiro atoms. The zero-order chi connectivity index (χ0) is 18.5. The van der Waals surface area contributed by atoms with Gasteiger partial charge in [0.15, 0.2) is 5.17 Å². The van der Waals surface area contributed by atoms with Crippen LogP contribution in [0.4, 0.5) is 5.69 Å². The molecule has 26 heavy (non-hydrogen) atoms. The minimum Gasteiger partial charge on any atom is -0.378 e. The van der Waals surface area contributed by atoms with Gasteiger partial charge in [0.2, 0.25) is 5.91 Å². The minimum absolute atomic E-state index is 0.0724. The van der Waals surface area contributed by atoms with Gasteiger partial charge in [-0.15, -0.1) is 5.10 Å². The fourth-order valence-electron chi connectivity index (χ4n) is 2.58. The molecule has 0 radical (unpaired) electrons. The van der Waals surface area contributed by atoms with Crippen LogP contribution in [-0.2, 0) is 11.3 Å². The van der Waals surface area contributed by atoms with Gasteiger partial charge in [-0.3, -0.25) is 9.69 Å². The highest BCUT2D eigenvalue weighted by Gasteiger charge is 2.35. The Hall–Kier alpha value is -2.60. The van der Waals surface area contributed by atoms with Gasteiger partial charge in [0.25, 0.3) is 0 Å². The standard InChI is InChI=1S/C20H22N4OS/c1-15-19(25)24(14-17-7-5-4-6-8-17)20(26-15)22-21-13-16-9-11-18(12-10-16)23(2)3/h4-13,15H,14H2,1-3H3/b21-13-,22-20+/t15-/m1/s1. The van der Waals surface area contributed by atoms with Crippen molar-refractivity contribution in [3.63, 3.8) is 0 Å². The lowest BCUT2D eigenvalue weighted by Crippen LogP contribution is -2.30. The Morgan fingerprint density at radius 2 is 1.81 bits per heavy atom. The number of hydrogen-bond donors (Lipinski definition) is 0. The molecule has 1 saturated heterocycles. The highest BCUT2D eigenvalue weighted by atomic mass is 32.2. The van der Waals surface area contributed by atoms with Crippen molar-refractivity contribution in [2.75, 3.05) is 19.0 Å². The number of thioether (sulfide) groups is 1. The molecule has 134 valence electrons. The van der Waals surface area contributed by atoms with Crippen molar-refractivity contribution >= 4 is 34.7 Å². The lowest BCUT2D eigenvalue weighted by atomic mass is 10.2. The first-order chi connectivity index (χ1) is 12.5. The first-order valence-electron chi connectivity index (χ1n) is 8.45. The number of benzene rings is 2. The topological polar surface area (TPSA) is 48.3 Å². The molecular weight excluding hydrogens is 344 g/mol. The van der Waals surface area contributed by atoms with Crippen LogP contribution in [-0.4, -0.2) is 41.5 Å². The second-order valence-corrected chi connectivity index (χ2v) is 7.59. The van der Waals surface area contributed by atoms with Gasteiger partial charge in [-0.2, -0.15) is 5.10 Å². The Morgan fingerprint density at radius 1 is 1.12 bits per heavy atom. The summed E-state index contributed by atoms with van der Waals surface area (Å²) in [6, 6.07) is 18.0. The SMILES string of the molecule is C[C@H]1S/C(=N/N=C\c2ccc(N(C)C)cc2)N(Cc2ccccc2)C1=O. The predicted molar refractivity (Wildman–Crippen MR) is 110 cm³/mol. The molecule has 0 N–H and O–H groups in total. The summed E-state index contributed by atoms with van der Waals surface area (Å²) >= 11 is 1.45. The van der Waals surface area contributed by atoms with E-state index in [2.05, 4.69) is 10.2 Å². The van der Waals surface area contributed by atoms with E-state index in [1.54, 1.807) is 11.1 Å². The first-order valence-corrected chi connectivity index (χ1v) is 9.33. The second-order valence-electron chi connectivity index (χ2n) is 6.28. The molecule has 1 atom stereocenters. The highest BCUT2D eigenvalue weighted by molar-refractivity contribution is 8.15. The molecule has 3 rings (SSSR count). The van der Waals surface area contributed by atoms with Crippen LogP contribution >= 0.6 is 11.8 Å². The average Bonchev–Trinajstić information content (AvgIpc) is 2.91. The minimum atomic E-state index is -0.132. The molecule has 1 heterocycles. The quantitative estimate of drug-likeness (QED) is 0.600. The van der Waals surface area contributed by atoms with Gasteiger partial charge in [0.05, 0.1) is 18.0 Å².